The van der Waals surface area contributed by atoms with Crippen LogP contribution in [0.3, 0.4) is 0 Å². The van der Waals surface area contributed by atoms with E-state index in [4.69, 9.17) is 4.74 Å². The Morgan fingerprint density at radius 2 is 1.72 bits per heavy atom. The molecule has 0 aliphatic carbocycles. The Morgan fingerprint density at radius 3 is 2.32 bits per heavy atom. The van der Waals surface area contributed by atoms with E-state index in [0.29, 0.717) is 17.0 Å². The van der Waals surface area contributed by atoms with E-state index >= 15 is 0 Å². The van der Waals surface area contributed by atoms with Gasteiger partial charge in [0.25, 0.3) is 10.0 Å². The molecule has 0 radical (unpaired) electrons. The van der Waals surface area contributed by atoms with Crippen molar-refractivity contribution in [3.05, 3.63) is 48.0 Å². The predicted molar refractivity (Wildman–Crippen MR) is 96.7 cm³/mol. The standard InChI is InChI=1S/C18H20N2O4S/c1-18(2)15-11-14(9-10-16(15)20(3)17(18)21)25(22,23)19-12-5-7-13(24-4)8-6-12/h5-11,19H,1-4H3. The molecule has 2 aromatic carbocycles. The normalized spacial score (nSPS) is 15.8. The van der Waals surface area contributed by atoms with Crippen molar-refractivity contribution in [3.63, 3.8) is 0 Å². The number of sulfonamides is 1. The summed E-state index contributed by atoms with van der Waals surface area (Å²) in [4.78, 5) is 14.0. The van der Waals surface area contributed by atoms with Crippen LogP contribution in [-0.4, -0.2) is 28.5 Å². The van der Waals surface area contributed by atoms with Crippen molar-refractivity contribution in [2.75, 3.05) is 23.8 Å². The quantitative estimate of drug-likeness (QED) is 0.910. The van der Waals surface area contributed by atoms with Gasteiger partial charge >= 0.3 is 0 Å². The van der Waals surface area contributed by atoms with Gasteiger partial charge in [0.1, 0.15) is 5.75 Å². The summed E-state index contributed by atoms with van der Waals surface area (Å²) in [6, 6.07) is 11.4. The van der Waals surface area contributed by atoms with Crippen LogP contribution in [0.15, 0.2) is 47.4 Å². The number of likely N-dealkylation sites (N-methyl/N-ethyl adjacent to an activating group) is 1. The number of nitrogens with zero attached hydrogens (tertiary/aromatic N) is 1. The third-order valence-corrected chi connectivity index (χ3v) is 5.87. The first-order chi connectivity index (χ1) is 11.7. The smallest absolute Gasteiger partial charge is 0.261 e. The summed E-state index contributed by atoms with van der Waals surface area (Å²) in [5.41, 5.74) is 1.13. The van der Waals surface area contributed by atoms with Gasteiger partial charge in [-0.1, -0.05) is 0 Å². The lowest BCUT2D eigenvalue weighted by atomic mass is 9.86. The number of amides is 1. The third kappa shape index (κ3) is 2.84. The third-order valence-electron chi connectivity index (χ3n) is 4.49. The largest absolute Gasteiger partial charge is 0.497 e. The van der Waals surface area contributed by atoms with Crippen LogP contribution in [-0.2, 0) is 20.2 Å². The van der Waals surface area contributed by atoms with Crippen molar-refractivity contribution in [2.45, 2.75) is 24.2 Å². The van der Waals surface area contributed by atoms with Crippen molar-refractivity contribution in [3.8, 4) is 5.75 Å². The second kappa shape index (κ2) is 5.77. The lowest BCUT2D eigenvalue weighted by Crippen LogP contribution is -2.33. The van der Waals surface area contributed by atoms with E-state index in [0.717, 1.165) is 5.69 Å². The fourth-order valence-corrected chi connectivity index (χ4v) is 4.08. The minimum absolute atomic E-state index is 0.0554. The molecule has 1 amide bonds. The fourth-order valence-electron chi connectivity index (χ4n) is 2.99. The monoisotopic (exact) mass is 360 g/mol. The number of hydrogen-bond acceptors (Lipinski definition) is 4. The van der Waals surface area contributed by atoms with E-state index in [1.54, 1.807) is 69.3 Å². The number of hydrogen-bond donors (Lipinski definition) is 1. The predicted octanol–water partition coefficient (Wildman–Crippen LogP) is 2.75. The molecule has 0 aromatic heterocycles. The van der Waals surface area contributed by atoms with E-state index in [9.17, 15) is 13.2 Å². The molecular formula is C18H20N2O4S. The molecule has 0 bridgehead atoms. The van der Waals surface area contributed by atoms with Crippen molar-refractivity contribution in [1.82, 2.24) is 0 Å². The second-order valence-corrected chi connectivity index (χ2v) is 8.18. The van der Waals surface area contributed by atoms with Crippen LogP contribution in [0.5, 0.6) is 5.75 Å². The topological polar surface area (TPSA) is 75.7 Å². The molecule has 0 atom stereocenters. The minimum Gasteiger partial charge on any atom is -0.497 e. The van der Waals surface area contributed by atoms with Crippen molar-refractivity contribution >= 4 is 27.3 Å². The molecule has 2 aromatic rings. The lowest BCUT2D eigenvalue weighted by molar-refractivity contribution is -0.121. The van der Waals surface area contributed by atoms with E-state index in [1.165, 1.54) is 6.07 Å². The highest BCUT2D eigenvalue weighted by molar-refractivity contribution is 7.92. The van der Waals surface area contributed by atoms with E-state index < -0.39 is 15.4 Å². The molecule has 0 fully saturated rings. The number of carbonyl (C=O) groups is 1. The summed E-state index contributed by atoms with van der Waals surface area (Å²) >= 11 is 0. The number of ether oxygens (including phenoxy) is 1. The van der Waals surface area contributed by atoms with Crippen LogP contribution in [0.4, 0.5) is 11.4 Å². The summed E-state index contributed by atoms with van der Waals surface area (Å²) < 4.78 is 33.0. The van der Waals surface area contributed by atoms with Gasteiger partial charge in [0.2, 0.25) is 5.91 Å². The zero-order valence-electron chi connectivity index (χ0n) is 14.5. The van der Waals surface area contributed by atoms with Gasteiger partial charge in [-0.3, -0.25) is 9.52 Å². The number of fused-ring (bicyclic) bond motifs is 1. The first-order valence-electron chi connectivity index (χ1n) is 7.76. The van der Waals surface area contributed by atoms with Crippen LogP contribution < -0.4 is 14.4 Å². The van der Waals surface area contributed by atoms with E-state index in [-0.39, 0.29) is 10.8 Å². The van der Waals surface area contributed by atoms with Crippen LogP contribution in [0.25, 0.3) is 0 Å². The molecule has 0 saturated carbocycles. The zero-order valence-corrected chi connectivity index (χ0v) is 15.3. The first kappa shape index (κ1) is 17.3. The number of anilines is 2. The summed E-state index contributed by atoms with van der Waals surface area (Å²) in [5, 5.41) is 0. The summed E-state index contributed by atoms with van der Waals surface area (Å²) in [7, 11) is -0.521. The summed E-state index contributed by atoms with van der Waals surface area (Å²) in [5.74, 6) is 0.587. The number of benzene rings is 2. The molecule has 132 valence electrons. The Kier molecular flexibility index (Phi) is 3.99. The molecule has 6 nitrogen and oxygen atoms in total. The van der Waals surface area contributed by atoms with Gasteiger partial charge in [-0.05, 0) is 61.9 Å². The first-order valence-corrected chi connectivity index (χ1v) is 9.25. The van der Waals surface area contributed by atoms with Crippen molar-refractivity contribution in [1.29, 1.82) is 0 Å². The average Bonchev–Trinajstić information content (AvgIpc) is 2.76. The molecule has 0 saturated heterocycles. The summed E-state index contributed by atoms with van der Waals surface area (Å²) in [6.07, 6.45) is 0. The molecular weight excluding hydrogens is 340 g/mol. The molecule has 7 heteroatoms. The molecule has 1 aliphatic rings. The van der Waals surface area contributed by atoms with Crippen LogP contribution in [0.2, 0.25) is 0 Å². The number of rotatable bonds is 4. The molecule has 25 heavy (non-hydrogen) atoms. The molecule has 1 aliphatic heterocycles. The zero-order chi connectivity index (χ0) is 18.4. The fraction of sp³-hybridized carbons (Fsp3) is 0.278. The highest BCUT2D eigenvalue weighted by atomic mass is 32.2. The Bertz CT molecular complexity index is 934. The van der Waals surface area contributed by atoms with Crippen LogP contribution in [0.1, 0.15) is 19.4 Å². The Balaban J connectivity index is 1.96. The van der Waals surface area contributed by atoms with Gasteiger partial charge < -0.3 is 9.64 Å². The Hall–Kier alpha value is -2.54. The van der Waals surface area contributed by atoms with E-state index in [1.807, 2.05) is 0 Å². The number of methoxy groups -OCH3 is 1. The summed E-state index contributed by atoms with van der Waals surface area (Å²) in [6.45, 7) is 3.59. The number of carbonyl (C=O) groups excluding carboxylic acids is 1. The molecule has 1 heterocycles. The number of nitrogens with one attached hydrogen (secondary N) is 1. The van der Waals surface area contributed by atoms with Gasteiger partial charge in [0, 0.05) is 18.4 Å². The SMILES string of the molecule is COc1ccc(NS(=O)(=O)c2ccc3c(c2)C(C)(C)C(=O)N3C)cc1. The van der Waals surface area contributed by atoms with Crippen LogP contribution in [0, 0.1) is 0 Å². The lowest BCUT2D eigenvalue weighted by Gasteiger charge is -2.17. The van der Waals surface area contributed by atoms with Gasteiger partial charge in [-0.15, -0.1) is 0 Å². The average molecular weight is 360 g/mol. The highest BCUT2D eigenvalue weighted by Gasteiger charge is 2.42. The highest BCUT2D eigenvalue weighted by Crippen LogP contribution is 2.41. The molecule has 3 rings (SSSR count). The van der Waals surface area contributed by atoms with Gasteiger partial charge in [0.05, 0.1) is 17.4 Å². The van der Waals surface area contributed by atoms with Gasteiger partial charge in [-0.25, -0.2) is 8.42 Å². The maximum Gasteiger partial charge on any atom is 0.261 e. The molecule has 1 N–H and O–H groups in total. The van der Waals surface area contributed by atoms with Crippen molar-refractivity contribution < 1.29 is 17.9 Å². The van der Waals surface area contributed by atoms with Crippen LogP contribution >= 0.6 is 0 Å². The Labute approximate surface area is 147 Å². The van der Waals surface area contributed by atoms with Gasteiger partial charge in [0.15, 0.2) is 0 Å². The van der Waals surface area contributed by atoms with E-state index in [2.05, 4.69) is 4.72 Å². The molecule has 0 unspecified atom stereocenters. The maximum absolute atomic E-state index is 12.7. The van der Waals surface area contributed by atoms with Gasteiger partial charge in [-0.2, -0.15) is 0 Å². The Morgan fingerprint density at radius 1 is 1.08 bits per heavy atom. The maximum atomic E-state index is 12.7. The minimum atomic E-state index is -3.76. The van der Waals surface area contributed by atoms with Crippen molar-refractivity contribution in [2.24, 2.45) is 0 Å². The second-order valence-electron chi connectivity index (χ2n) is 6.50. The molecule has 0 spiro atoms.